The van der Waals surface area contributed by atoms with E-state index in [-0.39, 0.29) is 39.9 Å². The van der Waals surface area contributed by atoms with Gasteiger partial charge in [0.25, 0.3) is 0 Å². The molecular weight excluding hydrogens is 542 g/mol. The number of hydrogen-bond acceptors (Lipinski definition) is 4. The van der Waals surface area contributed by atoms with Crippen molar-refractivity contribution in [3.05, 3.63) is 35.4 Å². The Labute approximate surface area is 201 Å². The molecule has 1 aliphatic rings. The molecule has 0 saturated carbocycles. The number of hydrogen-bond donors (Lipinski definition) is 0. The van der Waals surface area contributed by atoms with Crippen molar-refractivity contribution in [2.45, 2.75) is 89.2 Å². The molecule has 2 aromatic rings. The summed E-state index contributed by atoms with van der Waals surface area (Å²) in [5.74, 6) is 3.15. The van der Waals surface area contributed by atoms with Crippen LogP contribution >= 0.6 is 20.4 Å². The molecule has 0 spiro atoms. The van der Waals surface area contributed by atoms with Crippen LogP contribution in [0, 0.1) is 0 Å². The van der Waals surface area contributed by atoms with Crippen molar-refractivity contribution in [2.24, 2.45) is 0 Å². The Kier molecular flexibility index (Phi) is 8.63. The van der Waals surface area contributed by atoms with Crippen LogP contribution < -0.4 is 18.4 Å². The summed E-state index contributed by atoms with van der Waals surface area (Å²) in [5, 5.41) is 0. The van der Waals surface area contributed by atoms with E-state index in [1.807, 2.05) is 20.4 Å². The second-order valence-corrected chi connectivity index (χ2v) is 16.0. The van der Waals surface area contributed by atoms with Gasteiger partial charge in [-0.1, -0.05) is 0 Å². The Morgan fingerprint density at radius 3 is 1.27 bits per heavy atom. The molecule has 0 bridgehead atoms. The quantitative estimate of drug-likeness (QED) is 0.401. The topological polar surface area (TPSA) is 18.5 Å². The van der Waals surface area contributed by atoms with Gasteiger partial charge in [-0.2, -0.15) is 0 Å². The number of benzene rings is 2. The van der Waals surface area contributed by atoms with E-state index >= 15 is 0 Å². The Hall–Kier alpha value is -0.221. The van der Waals surface area contributed by atoms with Gasteiger partial charge in [-0.15, -0.1) is 0 Å². The first-order chi connectivity index (χ1) is 14.2. The van der Waals surface area contributed by atoms with E-state index in [2.05, 4.69) is 79.7 Å². The van der Waals surface area contributed by atoms with Gasteiger partial charge in [0.05, 0.1) is 0 Å². The molecule has 0 aromatic heterocycles. The summed E-state index contributed by atoms with van der Waals surface area (Å²) in [5.41, 5.74) is 2.90. The van der Waals surface area contributed by atoms with E-state index in [4.69, 9.17) is 9.47 Å². The Bertz CT molecular complexity index is 822. The summed E-state index contributed by atoms with van der Waals surface area (Å²) in [6.45, 7) is 17.6. The normalized spacial score (nSPS) is 14.0. The summed E-state index contributed by atoms with van der Waals surface area (Å²) in [7, 11) is 4.06. The molecule has 3 rings (SSSR count). The summed E-state index contributed by atoms with van der Waals surface area (Å²) < 4.78 is 15.4. The minimum absolute atomic E-state index is 0.185. The van der Waals surface area contributed by atoms with Crippen LogP contribution in [0.5, 0.6) is 11.5 Å². The molecule has 2 aromatic carbocycles. The monoisotopic (exact) mass is 576 g/mol. The van der Waals surface area contributed by atoms with Crippen molar-refractivity contribution >= 4 is 57.0 Å². The van der Waals surface area contributed by atoms with Crippen LogP contribution in [0.1, 0.15) is 78.4 Å². The van der Waals surface area contributed by atoms with Crippen LogP contribution in [0.2, 0.25) is 0 Å². The summed E-state index contributed by atoms with van der Waals surface area (Å²) in [4.78, 5) is 2.90. The molecule has 0 saturated heterocycles. The molecule has 0 fully saturated rings. The maximum atomic E-state index is 6.26. The van der Waals surface area contributed by atoms with Crippen LogP contribution in [0.3, 0.4) is 0 Å². The number of ether oxygens (including phenoxy) is 2. The van der Waals surface area contributed by atoms with E-state index in [9.17, 15) is 0 Å². The summed E-state index contributed by atoms with van der Waals surface area (Å²) in [6.07, 6.45) is 0.371. The van der Waals surface area contributed by atoms with Gasteiger partial charge in [0.15, 0.2) is 0 Å². The van der Waals surface area contributed by atoms with Crippen LogP contribution in [0.4, 0.5) is 0 Å². The van der Waals surface area contributed by atoms with Crippen molar-refractivity contribution in [1.29, 1.82) is 0 Å². The predicted molar refractivity (Wildman–Crippen MR) is 135 cm³/mol. The molecule has 2 nitrogen and oxygen atoms in total. The molecule has 0 aliphatic carbocycles. The van der Waals surface area contributed by atoms with Gasteiger partial charge in [-0.05, 0) is 0 Å². The van der Waals surface area contributed by atoms with Gasteiger partial charge in [0.2, 0.25) is 0 Å². The number of rotatable bonds is 6. The molecule has 1 heterocycles. The van der Waals surface area contributed by atoms with E-state index in [0.717, 1.165) is 11.5 Å². The average Bonchev–Trinajstić information content (AvgIpc) is 2.62. The fraction of sp³-hybridized carbons (Fsp3) is 0.500. The molecule has 0 amide bonds. The predicted octanol–water partition coefficient (Wildman–Crippen LogP) is 5.89. The van der Waals surface area contributed by atoms with E-state index in [1.54, 1.807) is 0 Å². The zero-order valence-corrected chi connectivity index (χ0v) is 24.1. The second kappa shape index (κ2) is 10.6. The van der Waals surface area contributed by atoms with Gasteiger partial charge >= 0.3 is 203 Å². The standard InChI is InChI=1S/C24H32O2S2Se2/c1-13(2)17-9-11-19(25-15(5)6)23-21(17)27-30-24-20(26-16(7)8)12-10-18(14(3)4)22(24)28-29-23/h9-16H,1-8H3. The van der Waals surface area contributed by atoms with Crippen molar-refractivity contribution < 1.29 is 9.47 Å². The maximum absolute atomic E-state index is 6.26. The van der Waals surface area contributed by atoms with Crippen LogP contribution in [0.15, 0.2) is 34.1 Å². The first kappa shape index (κ1) is 24.4. The molecule has 164 valence electrons. The third-order valence-electron chi connectivity index (χ3n) is 4.60. The molecule has 0 N–H and O–H groups in total. The summed E-state index contributed by atoms with van der Waals surface area (Å²) in [6, 6.07) is 8.97. The fourth-order valence-electron chi connectivity index (χ4n) is 3.22. The first-order valence-corrected chi connectivity index (χ1v) is 17.9. The SMILES string of the molecule is CC(C)Oc1ccc(C(C)C)c2c1[Se]Sc1c(C(C)C)ccc(OC(C)C)c1[Se]S2. The third-order valence-corrected chi connectivity index (χ3v) is 13.8. The summed E-state index contributed by atoms with van der Waals surface area (Å²) >= 11 is 0.478. The Balaban J connectivity index is 2.12. The fourth-order valence-corrected chi connectivity index (χ4v) is 15.5. The Morgan fingerprint density at radius 2 is 0.967 bits per heavy atom. The zero-order valence-electron chi connectivity index (χ0n) is 19.1. The minimum atomic E-state index is 0.185. The van der Waals surface area contributed by atoms with E-state index in [0.29, 0.717) is 11.8 Å². The van der Waals surface area contributed by atoms with Gasteiger partial charge in [-0.3, -0.25) is 0 Å². The van der Waals surface area contributed by atoms with Gasteiger partial charge < -0.3 is 0 Å². The van der Waals surface area contributed by atoms with E-state index < -0.39 is 0 Å². The van der Waals surface area contributed by atoms with Crippen LogP contribution in [-0.2, 0) is 0 Å². The van der Waals surface area contributed by atoms with Crippen molar-refractivity contribution in [3.63, 3.8) is 0 Å². The van der Waals surface area contributed by atoms with Gasteiger partial charge in [0, 0.05) is 0 Å². The molecule has 0 atom stereocenters. The Morgan fingerprint density at radius 1 is 0.600 bits per heavy atom. The zero-order chi connectivity index (χ0) is 22.0. The number of fused-ring (bicyclic) bond motifs is 2. The van der Waals surface area contributed by atoms with Crippen LogP contribution in [-0.4, -0.2) is 39.9 Å². The van der Waals surface area contributed by atoms with Crippen molar-refractivity contribution in [3.8, 4) is 11.5 Å². The van der Waals surface area contributed by atoms with Gasteiger partial charge in [-0.25, -0.2) is 0 Å². The van der Waals surface area contributed by atoms with Gasteiger partial charge in [0.1, 0.15) is 0 Å². The molecule has 0 radical (unpaired) electrons. The second-order valence-electron chi connectivity index (χ2n) is 8.60. The van der Waals surface area contributed by atoms with Crippen LogP contribution in [0.25, 0.3) is 0 Å². The average molecular weight is 575 g/mol. The van der Waals surface area contributed by atoms with E-state index in [1.165, 1.54) is 29.8 Å². The molecule has 1 aliphatic heterocycles. The first-order valence-electron chi connectivity index (χ1n) is 10.5. The molecular formula is C24H32O2S2Se2. The third kappa shape index (κ3) is 5.57. The molecule has 0 unspecified atom stereocenters. The van der Waals surface area contributed by atoms with Crippen molar-refractivity contribution in [1.82, 2.24) is 0 Å². The van der Waals surface area contributed by atoms with Crippen molar-refractivity contribution in [2.75, 3.05) is 0 Å². The molecule has 30 heavy (non-hydrogen) atoms. The molecule has 6 heteroatoms.